The van der Waals surface area contributed by atoms with Crippen molar-refractivity contribution < 1.29 is 4.79 Å². The summed E-state index contributed by atoms with van der Waals surface area (Å²) < 4.78 is 0. The summed E-state index contributed by atoms with van der Waals surface area (Å²) in [6, 6.07) is 15.8. The Morgan fingerprint density at radius 3 is 2.48 bits per heavy atom. The van der Waals surface area contributed by atoms with Crippen molar-refractivity contribution >= 4 is 23.1 Å². The van der Waals surface area contributed by atoms with Crippen LogP contribution in [0.5, 0.6) is 0 Å². The van der Waals surface area contributed by atoms with Gasteiger partial charge in [-0.3, -0.25) is 9.78 Å². The average molecular weight is 387 g/mol. The maximum atomic E-state index is 12.3. The zero-order chi connectivity index (χ0) is 19.9. The van der Waals surface area contributed by atoms with Gasteiger partial charge in [-0.15, -0.1) is 0 Å². The number of amides is 1. The van der Waals surface area contributed by atoms with E-state index in [0.29, 0.717) is 17.9 Å². The first-order chi connectivity index (χ1) is 14.3. The van der Waals surface area contributed by atoms with E-state index < -0.39 is 0 Å². The molecule has 6 heteroatoms. The first-order valence-electron chi connectivity index (χ1n) is 10.0. The van der Waals surface area contributed by atoms with Crippen molar-refractivity contribution in [3.05, 3.63) is 78.2 Å². The number of pyridine rings is 2. The summed E-state index contributed by atoms with van der Waals surface area (Å²) in [4.78, 5) is 23.1. The van der Waals surface area contributed by atoms with Crippen molar-refractivity contribution in [2.45, 2.75) is 25.8 Å². The third kappa shape index (κ3) is 5.10. The van der Waals surface area contributed by atoms with E-state index in [1.165, 1.54) is 24.9 Å². The molecule has 0 radical (unpaired) electrons. The van der Waals surface area contributed by atoms with Crippen molar-refractivity contribution in [2.24, 2.45) is 0 Å². The summed E-state index contributed by atoms with van der Waals surface area (Å²) >= 11 is 0. The maximum absolute atomic E-state index is 12.3. The van der Waals surface area contributed by atoms with E-state index in [9.17, 15) is 4.79 Å². The molecule has 3 heterocycles. The number of anilines is 3. The molecule has 3 aromatic rings. The lowest BCUT2D eigenvalue weighted by molar-refractivity contribution is 0.0950. The molecule has 1 aliphatic rings. The zero-order valence-corrected chi connectivity index (χ0v) is 16.3. The van der Waals surface area contributed by atoms with E-state index in [2.05, 4.69) is 49.8 Å². The number of hydrogen-bond donors (Lipinski definition) is 2. The van der Waals surface area contributed by atoms with Gasteiger partial charge in [-0.05, 0) is 67.3 Å². The standard InChI is InChI=1S/C23H25N5O/c29-23(26-16-18-5-4-12-24-15-18)19-6-11-22(25-17-19)27-20-7-9-21(10-8-20)28-13-2-1-3-14-28/h4-12,15,17H,1-3,13-14,16H2,(H,25,27)(H,26,29). The minimum atomic E-state index is -0.154. The van der Waals surface area contributed by atoms with Crippen molar-refractivity contribution in [1.29, 1.82) is 0 Å². The minimum Gasteiger partial charge on any atom is -0.372 e. The average Bonchev–Trinajstić information content (AvgIpc) is 2.80. The lowest BCUT2D eigenvalue weighted by Gasteiger charge is -2.28. The normalized spacial score (nSPS) is 13.7. The number of benzene rings is 1. The molecule has 1 amide bonds. The maximum Gasteiger partial charge on any atom is 0.253 e. The fourth-order valence-corrected chi connectivity index (χ4v) is 3.44. The number of nitrogens with one attached hydrogen (secondary N) is 2. The Labute approximate surface area is 171 Å². The first kappa shape index (κ1) is 18.9. The van der Waals surface area contributed by atoms with Crippen LogP contribution in [0.3, 0.4) is 0 Å². The molecule has 29 heavy (non-hydrogen) atoms. The summed E-state index contributed by atoms with van der Waals surface area (Å²) in [5, 5.41) is 6.17. The third-order valence-electron chi connectivity index (χ3n) is 5.06. The van der Waals surface area contributed by atoms with Crippen LogP contribution in [0, 0.1) is 0 Å². The van der Waals surface area contributed by atoms with E-state index >= 15 is 0 Å². The Morgan fingerprint density at radius 2 is 1.79 bits per heavy atom. The molecule has 0 spiro atoms. The Kier molecular flexibility index (Phi) is 6.00. The predicted molar refractivity (Wildman–Crippen MR) is 115 cm³/mol. The van der Waals surface area contributed by atoms with Gasteiger partial charge in [0.25, 0.3) is 5.91 Å². The van der Waals surface area contributed by atoms with Crippen molar-refractivity contribution in [3.8, 4) is 0 Å². The molecule has 6 nitrogen and oxygen atoms in total. The van der Waals surface area contributed by atoms with Crippen molar-refractivity contribution in [1.82, 2.24) is 15.3 Å². The van der Waals surface area contributed by atoms with Crippen LogP contribution in [-0.4, -0.2) is 29.0 Å². The molecular formula is C23H25N5O. The summed E-state index contributed by atoms with van der Waals surface area (Å²) in [5.74, 6) is 0.554. The van der Waals surface area contributed by atoms with E-state index in [4.69, 9.17) is 0 Å². The minimum absolute atomic E-state index is 0.154. The second kappa shape index (κ2) is 9.19. The van der Waals surface area contributed by atoms with Crippen LogP contribution >= 0.6 is 0 Å². The highest BCUT2D eigenvalue weighted by Gasteiger charge is 2.11. The topological polar surface area (TPSA) is 70.2 Å². The highest BCUT2D eigenvalue weighted by atomic mass is 16.1. The molecule has 2 N–H and O–H groups in total. The Morgan fingerprint density at radius 1 is 0.966 bits per heavy atom. The fraction of sp³-hybridized carbons (Fsp3) is 0.261. The van der Waals surface area contributed by atoms with Gasteiger partial charge < -0.3 is 15.5 Å². The van der Waals surface area contributed by atoms with Gasteiger partial charge in [0.1, 0.15) is 5.82 Å². The van der Waals surface area contributed by atoms with E-state index in [-0.39, 0.29) is 5.91 Å². The molecule has 0 atom stereocenters. The van der Waals surface area contributed by atoms with Crippen LogP contribution in [0.15, 0.2) is 67.1 Å². The second-order valence-electron chi connectivity index (χ2n) is 7.20. The molecule has 148 valence electrons. The van der Waals surface area contributed by atoms with Gasteiger partial charge in [0.05, 0.1) is 5.56 Å². The molecule has 0 saturated carbocycles. The zero-order valence-electron chi connectivity index (χ0n) is 16.3. The number of carbonyl (C=O) groups excluding carboxylic acids is 1. The van der Waals surface area contributed by atoms with Gasteiger partial charge in [-0.2, -0.15) is 0 Å². The van der Waals surface area contributed by atoms with E-state index in [1.807, 2.05) is 18.2 Å². The Balaban J connectivity index is 1.32. The summed E-state index contributed by atoms with van der Waals surface area (Å²) in [5.41, 5.74) is 3.73. The lowest BCUT2D eigenvalue weighted by atomic mass is 10.1. The largest absolute Gasteiger partial charge is 0.372 e. The number of carbonyl (C=O) groups is 1. The summed E-state index contributed by atoms with van der Waals surface area (Å²) in [7, 11) is 0. The third-order valence-corrected chi connectivity index (χ3v) is 5.06. The second-order valence-corrected chi connectivity index (χ2v) is 7.20. The highest BCUT2D eigenvalue weighted by Crippen LogP contribution is 2.23. The van der Waals surface area contributed by atoms with Gasteiger partial charge in [-0.1, -0.05) is 6.07 Å². The van der Waals surface area contributed by atoms with Crippen LogP contribution in [0.4, 0.5) is 17.2 Å². The fourth-order valence-electron chi connectivity index (χ4n) is 3.44. The molecule has 1 aromatic carbocycles. The quantitative estimate of drug-likeness (QED) is 0.665. The van der Waals surface area contributed by atoms with Crippen LogP contribution in [-0.2, 0) is 6.54 Å². The van der Waals surface area contributed by atoms with Gasteiger partial charge in [0.15, 0.2) is 0 Å². The summed E-state index contributed by atoms with van der Waals surface area (Å²) in [6.07, 6.45) is 8.91. The van der Waals surface area contributed by atoms with Crippen LogP contribution < -0.4 is 15.5 Å². The molecule has 0 bridgehead atoms. The highest BCUT2D eigenvalue weighted by molar-refractivity contribution is 5.94. The van der Waals surface area contributed by atoms with E-state index in [0.717, 1.165) is 24.3 Å². The molecule has 0 aliphatic carbocycles. The van der Waals surface area contributed by atoms with Gasteiger partial charge >= 0.3 is 0 Å². The van der Waals surface area contributed by atoms with Gasteiger partial charge in [0.2, 0.25) is 0 Å². The summed E-state index contributed by atoms with van der Waals surface area (Å²) in [6.45, 7) is 2.72. The smallest absolute Gasteiger partial charge is 0.253 e. The molecule has 4 rings (SSSR count). The van der Waals surface area contributed by atoms with Crippen molar-refractivity contribution in [2.75, 3.05) is 23.3 Å². The molecular weight excluding hydrogens is 362 g/mol. The van der Waals surface area contributed by atoms with Gasteiger partial charge in [0, 0.05) is 49.6 Å². The van der Waals surface area contributed by atoms with E-state index in [1.54, 1.807) is 24.7 Å². The van der Waals surface area contributed by atoms with Crippen LogP contribution in [0.2, 0.25) is 0 Å². The monoisotopic (exact) mass is 387 g/mol. The predicted octanol–water partition coefficient (Wildman–Crippen LogP) is 4.14. The Bertz CT molecular complexity index is 920. The number of rotatable bonds is 6. The van der Waals surface area contributed by atoms with Crippen molar-refractivity contribution in [3.63, 3.8) is 0 Å². The number of piperidine rings is 1. The Hall–Kier alpha value is -3.41. The molecule has 1 saturated heterocycles. The van der Waals surface area contributed by atoms with Gasteiger partial charge in [-0.25, -0.2) is 4.98 Å². The number of hydrogen-bond acceptors (Lipinski definition) is 5. The molecule has 2 aromatic heterocycles. The van der Waals surface area contributed by atoms with Crippen LogP contribution in [0.1, 0.15) is 35.2 Å². The molecule has 0 unspecified atom stereocenters. The molecule has 1 fully saturated rings. The van der Waals surface area contributed by atoms with Crippen LogP contribution in [0.25, 0.3) is 0 Å². The number of nitrogens with zero attached hydrogens (tertiary/aromatic N) is 3. The first-order valence-corrected chi connectivity index (χ1v) is 10.0. The SMILES string of the molecule is O=C(NCc1cccnc1)c1ccc(Nc2ccc(N3CCCCC3)cc2)nc1. The molecule has 1 aliphatic heterocycles. The lowest BCUT2D eigenvalue weighted by Crippen LogP contribution is -2.29. The number of aromatic nitrogens is 2.